The van der Waals surface area contributed by atoms with E-state index in [9.17, 15) is 0 Å². The van der Waals surface area contributed by atoms with Gasteiger partial charge in [-0.25, -0.2) is 0 Å². The van der Waals surface area contributed by atoms with E-state index in [2.05, 4.69) is 41.8 Å². The molecule has 1 rings (SSSR count). The molecule has 0 spiro atoms. The van der Waals surface area contributed by atoms with Gasteiger partial charge in [0.25, 0.3) is 0 Å². The second-order valence-electron chi connectivity index (χ2n) is 4.22. The number of nitrogens with two attached hydrogens (primary N) is 1. The van der Waals surface area contributed by atoms with Gasteiger partial charge in [-0.2, -0.15) is 0 Å². The summed E-state index contributed by atoms with van der Waals surface area (Å²) in [6.45, 7) is 4.32. The number of rotatable bonds is 4. The van der Waals surface area contributed by atoms with Gasteiger partial charge in [-0.15, -0.1) is 0 Å². The SMILES string of the molecule is CC(C)(CCO)Nc1ccc(N)cc1I. The highest BCUT2D eigenvalue weighted by Crippen LogP contribution is 2.25. The third kappa shape index (κ3) is 3.87. The van der Waals surface area contributed by atoms with Crippen LogP contribution < -0.4 is 11.1 Å². The van der Waals surface area contributed by atoms with Gasteiger partial charge in [-0.05, 0) is 61.1 Å². The molecular formula is C11H17IN2O. The Morgan fingerprint density at radius 1 is 1.47 bits per heavy atom. The molecule has 0 atom stereocenters. The minimum absolute atomic E-state index is 0.106. The van der Waals surface area contributed by atoms with E-state index in [-0.39, 0.29) is 12.1 Å². The summed E-state index contributed by atoms with van der Waals surface area (Å²) in [4.78, 5) is 0. The van der Waals surface area contributed by atoms with Crippen LogP contribution in [0.4, 0.5) is 11.4 Å². The molecule has 0 aliphatic rings. The molecule has 84 valence electrons. The van der Waals surface area contributed by atoms with Crippen LogP contribution in [0.15, 0.2) is 18.2 Å². The van der Waals surface area contributed by atoms with Gasteiger partial charge in [0.15, 0.2) is 0 Å². The van der Waals surface area contributed by atoms with Crippen molar-refractivity contribution in [1.29, 1.82) is 0 Å². The van der Waals surface area contributed by atoms with Crippen LogP contribution >= 0.6 is 22.6 Å². The van der Waals surface area contributed by atoms with E-state index in [4.69, 9.17) is 10.8 Å². The van der Waals surface area contributed by atoms with Crippen molar-refractivity contribution in [3.8, 4) is 0 Å². The van der Waals surface area contributed by atoms with Crippen molar-refractivity contribution in [2.24, 2.45) is 0 Å². The number of hydrogen-bond donors (Lipinski definition) is 3. The van der Waals surface area contributed by atoms with E-state index in [1.807, 2.05) is 18.2 Å². The third-order valence-corrected chi connectivity index (χ3v) is 3.10. The van der Waals surface area contributed by atoms with Crippen LogP contribution in [0.25, 0.3) is 0 Å². The second-order valence-corrected chi connectivity index (χ2v) is 5.38. The van der Waals surface area contributed by atoms with Crippen LogP contribution in [-0.4, -0.2) is 17.3 Å². The van der Waals surface area contributed by atoms with Crippen LogP contribution in [0.3, 0.4) is 0 Å². The van der Waals surface area contributed by atoms with E-state index in [1.165, 1.54) is 0 Å². The number of anilines is 2. The fraction of sp³-hybridized carbons (Fsp3) is 0.455. The zero-order valence-electron chi connectivity index (χ0n) is 9.05. The number of aliphatic hydroxyl groups is 1. The maximum absolute atomic E-state index is 8.93. The summed E-state index contributed by atoms with van der Waals surface area (Å²) >= 11 is 2.25. The average molecular weight is 320 g/mol. The van der Waals surface area contributed by atoms with E-state index in [1.54, 1.807) is 0 Å². The maximum atomic E-state index is 8.93. The molecule has 4 N–H and O–H groups in total. The molecule has 4 heteroatoms. The first-order chi connectivity index (χ1) is 6.94. The smallest absolute Gasteiger partial charge is 0.0481 e. The highest BCUT2D eigenvalue weighted by Gasteiger charge is 2.17. The minimum atomic E-state index is -0.106. The van der Waals surface area contributed by atoms with Crippen molar-refractivity contribution in [3.63, 3.8) is 0 Å². The highest BCUT2D eigenvalue weighted by atomic mass is 127. The van der Waals surface area contributed by atoms with E-state index in [0.717, 1.165) is 14.9 Å². The Kier molecular flexibility index (Phi) is 4.21. The fourth-order valence-corrected chi connectivity index (χ4v) is 2.01. The van der Waals surface area contributed by atoms with Crippen LogP contribution in [0, 0.1) is 3.57 Å². The number of aliphatic hydroxyl groups excluding tert-OH is 1. The summed E-state index contributed by atoms with van der Waals surface area (Å²) in [7, 11) is 0. The average Bonchev–Trinajstić information content (AvgIpc) is 2.09. The lowest BCUT2D eigenvalue weighted by Crippen LogP contribution is -2.32. The van der Waals surface area contributed by atoms with Crippen LogP contribution in [0.2, 0.25) is 0 Å². The molecule has 0 heterocycles. The molecule has 0 saturated heterocycles. The van der Waals surface area contributed by atoms with Gasteiger partial charge in [0.05, 0.1) is 0 Å². The van der Waals surface area contributed by atoms with Crippen LogP contribution in [-0.2, 0) is 0 Å². The number of halogens is 1. The predicted molar refractivity (Wildman–Crippen MR) is 73.0 cm³/mol. The largest absolute Gasteiger partial charge is 0.399 e. The van der Waals surface area contributed by atoms with Gasteiger partial charge >= 0.3 is 0 Å². The molecule has 0 radical (unpaired) electrons. The van der Waals surface area contributed by atoms with Crippen LogP contribution in [0.5, 0.6) is 0 Å². The monoisotopic (exact) mass is 320 g/mol. The first-order valence-electron chi connectivity index (χ1n) is 4.89. The molecule has 0 saturated carbocycles. The highest BCUT2D eigenvalue weighted by molar-refractivity contribution is 14.1. The Balaban J connectivity index is 2.80. The second kappa shape index (κ2) is 5.03. The topological polar surface area (TPSA) is 58.3 Å². The molecule has 0 fully saturated rings. The molecule has 1 aromatic carbocycles. The molecule has 1 aromatic rings. The molecule has 0 unspecified atom stereocenters. The molecular weight excluding hydrogens is 303 g/mol. The molecule has 0 aliphatic carbocycles. The quantitative estimate of drug-likeness (QED) is 0.590. The van der Waals surface area contributed by atoms with Crippen molar-refractivity contribution >= 4 is 34.0 Å². The van der Waals surface area contributed by atoms with E-state index >= 15 is 0 Å². The lowest BCUT2D eigenvalue weighted by atomic mass is 10.0. The zero-order chi connectivity index (χ0) is 11.5. The number of benzene rings is 1. The minimum Gasteiger partial charge on any atom is -0.399 e. The molecule has 3 nitrogen and oxygen atoms in total. The number of nitrogens with one attached hydrogen (secondary N) is 1. The lowest BCUT2D eigenvalue weighted by molar-refractivity contribution is 0.261. The van der Waals surface area contributed by atoms with Crippen molar-refractivity contribution in [2.45, 2.75) is 25.8 Å². The first kappa shape index (κ1) is 12.6. The lowest BCUT2D eigenvalue weighted by Gasteiger charge is -2.27. The Morgan fingerprint density at radius 2 is 2.13 bits per heavy atom. The maximum Gasteiger partial charge on any atom is 0.0481 e. The molecule has 0 aromatic heterocycles. The Bertz CT molecular complexity index is 339. The molecule has 0 bridgehead atoms. The summed E-state index contributed by atoms with van der Waals surface area (Å²) in [5.74, 6) is 0. The standard InChI is InChI=1S/C11H17IN2O/c1-11(2,5-6-15)14-10-4-3-8(13)7-9(10)12/h3-4,7,14-15H,5-6,13H2,1-2H3. The van der Waals surface area contributed by atoms with E-state index in [0.29, 0.717) is 6.42 Å². The fourth-order valence-electron chi connectivity index (χ4n) is 1.34. The Morgan fingerprint density at radius 3 is 2.67 bits per heavy atom. The summed E-state index contributed by atoms with van der Waals surface area (Å²) in [5.41, 5.74) is 7.40. The number of nitrogen functional groups attached to an aromatic ring is 1. The van der Waals surface area contributed by atoms with E-state index < -0.39 is 0 Å². The molecule has 0 aliphatic heterocycles. The summed E-state index contributed by atoms with van der Waals surface area (Å²) in [6, 6.07) is 5.77. The van der Waals surface area contributed by atoms with Crippen molar-refractivity contribution < 1.29 is 5.11 Å². The van der Waals surface area contributed by atoms with Gasteiger partial charge in [0.1, 0.15) is 0 Å². The summed E-state index contributed by atoms with van der Waals surface area (Å²) < 4.78 is 1.10. The summed E-state index contributed by atoms with van der Waals surface area (Å²) in [5, 5.41) is 12.3. The molecule has 0 amide bonds. The summed E-state index contributed by atoms with van der Waals surface area (Å²) in [6.07, 6.45) is 0.716. The third-order valence-electron chi connectivity index (χ3n) is 2.20. The van der Waals surface area contributed by atoms with Crippen molar-refractivity contribution in [3.05, 3.63) is 21.8 Å². The van der Waals surface area contributed by atoms with Crippen LogP contribution in [0.1, 0.15) is 20.3 Å². The van der Waals surface area contributed by atoms with Crippen molar-refractivity contribution in [2.75, 3.05) is 17.7 Å². The van der Waals surface area contributed by atoms with Gasteiger partial charge in [0.2, 0.25) is 0 Å². The van der Waals surface area contributed by atoms with Gasteiger partial charge in [-0.1, -0.05) is 0 Å². The van der Waals surface area contributed by atoms with Crippen molar-refractivity contribution in [1.82, 2.24) is 0 Å². The first-order valence-corrected chi connectivity index (χ1v) is 5.96. The predicted octanol–water partition coefficient (Wildman–Crippen LogP) is 2.45. The molecule has 15 heavy (non-hydrogen) atoms. The van der Waals surface area contributed by atoms with Gasteiger partial charge in [-0.3, -0.25) is 0 Å². The van der Waals surface area contributed by atoms with Gasteiger partial charge < -0.3 is 16.2 Å². The Labute approximate surface area is 104 Å². The number of hydrogen-bond acceptors (Lipinski definition) is 3. The van der Waals surface area contributed by atoms with Gasteiger partial charge in [0, 0.05) is 27.1 Å². The Hall–Kier alpha value is -0.490. The zero-order valence-corrected chi connectivity index (χ0v) is 11.2. The normalized spacial score (nSPS) is 11.5.